The van der Waals surface area contributed by atoms with E-state index >= 15 is 0 Å². The minimum atomic E-state index is -0.00570. The number of amides is 2. The largest absolute Gasteiger partial charge is 0.322 e. The Bertz CT molecular complexity index is 671. The van der Waals surface area contributed by atoms with Crippen LogP contribution in [0.1, 0.15) is 16.7 Å². The normalized spacial score (nSPS) is 15.3. The molecule has 2 amide bonds. The Morgan fingerprint density at radius 2 is 1.42 bits per heavy atom. The Labute approximate surface area is 144 Å². The number of anilines is 1. The number of aryl methyl sites for hydroxylation is 2. The zero-order chi connectivity index (χ0) is 16.9. The second-order valence-corrected chi connectivity index (χ2v) is 6.54. The van der Waals surface area contributed by atoms with E-state index in [0.29, 0.717) is 0 Å². The summed E-state index contributed by atoms with van der Waals surface area (Å²) in [5, 5.41) is 2.98. The van der Waals surface area contributed by atoms with Gasteiger partial charge in [-0.2, -0.15) is 0 Å². The highest BCUT2D eigenvalue weighted by Crippen LogP contribution is 2.13. The topological polar surface area (TPSA) is 35.6 Å². The first-order valence-corrected chi connectivity index (χ1v) is 8.51. The standard InChI is InChI=1S/C20H25N3O/c1-16-3-7-18(8-4-16)15-22-11-13-23(14-12-22)20(24)21-19-9-5-17(2)6-10-19/h3-10H,11-15H2,1-2H3,(H,21,24). The lowest BCUT2D eigenvalue weighted by Crippen LogP contribution is -2.49. The maximum absolute atomic E-state index is 12.4. The van der Waals surface area contributed by atoms with Crippen molar-refractivity contribution in [3.8, 4) is 0 Å². The molecule has 0 aliphatic carbocycles. The minimum absolute atomic E-state index is 0.00570. The second-order valence-electron chi connectivity index (χ2n) is 6.54. The number of benzene rings is 2. The number of rotatable bonds is 3. The van der Waals surface area contributed by atoms with Crippen molar-refractivity contribution in [1.82, 2.24) is 9.80 Å². The van der Waals surface area contributed by atoms with Crippen molar-refractivity contribution in [2.45, 2.75) is 20.4 Å². The molecule has 2 aromatic carbocycles. The molecular weight excluding hydrogens is 298 g/mol. The first kappa shape index (κ1) is 16.5. The monoisotopic (exact) mass is 323 g/mol. The molecule has 24 heavy (non-hydrogen) atoms. The van der Waals surface area contributed by atoms with E-state index in [0.717, 1.165) is 38.4 Å². The summed E-state index contributed by atoms with van der Waals surface area (Å²) in [5.74, 6) is 0. The van der Waals surface area contributed by atoms with Crippen LogP contribution in [0.5, 0.6) is 0 Å². The molecule has 0 bridgehead atoms. The molecule has 1 aliphatic heterocycles. The van der Waals surface area contributed by atoms with E-state index in [9.17, 15) is 4.79 Å². The van der Waals surface area contributed by atoms with Crippen molar-refractivity contribution < 1.29 is 4.79 Å². The van der Waals surface area contributed by atoms with Gasteiger partial charge >= 0.3 is 6.03 Å². The predicted molar refractivity (Wildman–Crippen MR) is 98.2 cm³/mol. The van der Waals surface area contributed by atoms with Crippen LogP contribution in [0.15, 0.2) is 48.5 Å². The van der Waals surface area contributed by atoms with Crippen molar-refractivity contribution >= 4 is 11.7 Å². The van der Waals surface area contributed by atoms with E-state index in [1.165, 1.54) is 16.7 Å². The number of nitrogens with one attached hydrogen (secondary N) is 1. The van der Waals surface area contributed by atoms with Crippen LogP contribution in [0.2, 0.25) is 0 Å². The van der Waals surface area contributed by atoms with Crippen LogP contribution in [0.25, 0.3) is 0 Å². The Morgan fingerprint density at radius 1 is 0.875 bits per heavy atom. The van der Waals surface area contributed by atoms with Crippen LogP contribution >= 0.6 is 0 Å². The van der Waals surface area contributed by atoms with Crippen LogP contribution in [0.4, 0.5) is 10.5 Å². The molecule has 4 heteroatoms. The molecule has 0 atom stereocenters. The summed E-state index contributed by atoms with van der Waals surface area (Å²) in [7, 11) is 0. The summed E-state index contributed by atoms with van der Waals surface area (Å²) >= 11 is 0. The highest BCUT2D eigenvalue weighted by atomic mass is 16.2. The van der Waals surface area contributed by atoms with Crippen LogP contribution in [0, 0.1) is 13.8 Å². The third-order valence-corrected chi connectivity index (χ3v) is 4.49. The Hall–Kier alpha value is -2.33. The van der Waals surface area contributed by atoms with E-state index in [1.807, 2.05) is 36.1 Å². The van der Waals surface area contributed by atoms with Gasteiger partial charge in [0, 0.05) is 38.4 Å². The molecule has 0 aromatic heterocycles. The Kier molecular flexibility index (Phi) is 5.16. The smallest absolute Gasteiger partial charge is 0.321 e. The molecule has 1 aliphatic rings. The van der Waals surface area contributed by atoms with E-state index in [1.54, 1.807) is 0 Å². The summed E-state index contributed by atoms with van der Waals surface area (Å²) in [6.07, 6.45) is 0. The SMILES string of the molecule is Cc1ccc(CN2CCN(C(=O)Nc3ccc(C)cc3)CC2)cc1. The molecule has 0 saturated carbocycles. The summed E-state index contributed by atoms with van der Waals surface area (Å²) in [4.78, 5) is 16.6. The second kappa shape index (κ2) is 7.49. The molecule has 1 N–H and O–H groups in total. The lowest BCUT2D eigenvalue weighted by molar-refractivity contribution is 0.143. The van der Waals surface area contributed by atoms with Crippen molar-refractivity contribution in [2.75, 3.05) is 31.5 Å². The average molecular weight is 323 g/mol. The quantitative estimate of drug-likeness (QED) is 0.936. The number of nitrogens with zero attached hydrogens (tertiary/aromatic N) is 2. The first-order chi connectivity index (χ1) is 11.6. The Balaban J connectivity index is 1.48. The van der Waals surface area contributed by atoms with Gasteiger partial charge in [0.25, 0.3) is 0 Å². The molecule has 0 unspecified atom stereocenters. The van der Waals surface area contributed by atoms with Gasteiger partial charge in [-0.1, -0.05) is 47.5 Å². The van der Waals surface area contributed by atoms with Gasteiger partial charge in [-0.15, -0.1) is 0 Å². The maximum Gasteiger partial charge on any atom is 0.321 e. The van der Waals surface area contributed by atoms with Crippen LogP contribution in [-0.2, 0) is 6.54 Å². The van der Waals surface area contributed by atoms with Gasteiger partial charge in [-0.3, -0.25) is 4.90 Å². The third-order valence-electron chi connectivity index (χ3n) is 4.49. The molecular formula is C20H25N3O. The number of carbonyl (C=O) groups is 1. The number of hydrogen-bond donors (Lipinski definition) is 1. The summed E-state index contributed by atoms with van der Waals surface area (Å²) in [6, 6.07) is 16.6. The fourth-order valence-corrected chi connectivity index (χ4v) is 2.90. The first-order valence-electron chi connectivity index (χ1n) is 8.51. The summed E-state index contributed by atoms with van der Waals surface area (Å²) in [5.41, 5.74) is 4.67. The van der Waals surface area contributed by atoms with Crippen LogP contribution < -0.4 is 5.32 Å². The fraction of sp³-hybridized carbons (Fsp3) is 0.350. The number of hydrogen-bond acceptors (Lipinski definition) is 2. The van der Waals surface area contributed by atoms with Gasteiger partial charge in [-0.05, 0) is 31.5 Å². The summed E-state index contributed by atoms with van der Waals surface area (Å²) in [6.45, 7) is 8.46. The number of piperazine rings is 1. The third kappa shape index (κ3) is 4.36. The van der Waals surface area contributed by atoms with Crippen molar-refractivity contribution in [3.05, 3.63) is 65.2 Å². The fourth-order valence-electron chi connectivity index (χ4n) is 2.90. The molecule has 126 valence electrons. The summed E-state index contributed by atoms with van der Waals surface area (Å²) < 4.78 is 0. The number of urea groups is 1. The highest BCUT2D eigenvalue weighted by molar-refractivity contribution is 5.89. The minimum Gasteiger partial charge on any atom is -0.322 e. The van der Waals surface area contributed by atoms with E-state index in [-0.39, 0.29) is 6.03 Å². The molecule has 1 heterocycles. The molecule has 1 saturated heterocycles. The van der Waals surface area contributed by atoms with E-state index in [2.05, 4.69) is 41.4 Å². The molecule has 2 aromatic rings. The molecule has 3 rings (SSSR count). The van der Waals surface area contributed by atoms with E-state index < -0.39 is 0 Å². The van der Waals surface area contributed by atoms with Crippen molar-refractivity contribution in [3.63, 3.8) is 0 Å². The zero-order valence-electron chi connectivity index (χ0n) is 14.5. The molecule has 0 spiro atoms. The molecule has 1 fully saturated rings. The van der Waals surface area contributed by atoms with Crippen molar-refractivity contribution in [1.29, 1.82) is 0 Å². The predicted octanol–water partition coefficient (Wildman–Crippen LogP) is 3.65. The van der Waals surface area contributed by atoms with Crippen LogP contribution in [-0.4, -0.2) is 42.0 Å². The van der Waals surface area contributed by atoms with Gasteiger partial charge in [0.15, 0.2) is 0 Å². The molecule has 0 radical (unpaired) electrons. The maximum atomic E-state index is 12.4. The van der Waals surface area contributed by atoms with Gasteiger partial charge in [-0.25, -0.2) is 4.79 Å². The Morgan fingerprint density at radius 3 is 2.00 bits per heavy atom. The van der Waals surface area contributed by atoms with Gasteiger partial charge in [0.05, 0.1) is 0 Å². The van der Waals surface area contributed by atoms with Crippen LogP contribution in [0.3, 0.4) is 0 Å². The highest BCUT2D eigenvalue weighted by Gasteiger charge is 2.21. The van der Waals surface area contributed by atoms with Gasteiger partial charge in [0.1, 0.15) is 0 Å². The van der Waals surface area contributed by atoms with Crippen molar-refractivity contribution in [2.24, 2.45) is 0 Å². The van der Waals surface area contributed by atoms with Gasteiger partial charge < -0.3 is 10.2 Å². The zero-order valence-corrected chi connectivity index (χ0v) is 14.5. The lowest BCUT2D eigenvalue weighted by atomic mass is 10.1. The van der Waals surface area contributed by atoms with Gasteiger partial charge in [0.2, 0.25) is 0 Å². The number of carbonyl (C=O) groups excluding carboxylic acids is 1. The molecule has 4 nitrogen and oxygen atoms in total. The average Bonchev–Trinajstić information content (AvgIpc) is 2.59. The lowest BCUT2D eigenvalue weighted by Gasteiger charge is -2.34. The van der Waals surface area contributed by atoms with E-state index in [4.69, 9.17) is 0 Å².